The van der Waals surface area contributed by atoms with Gasteiger partial charge in [-0.3, -0.25) is 9.59 Å². The molecule has 3 nitrogen and oxygen atoms in total. The molecule has 0 N–H and O–H groups in total. The third-order valence-corrected chi connectivity index (χ3v) is 3.41. The highest BCUT2D eigenvalue weighted by Crippen LogP contribution is 2.23. The minimum absolute atomic E-state index is 0.0496. The Kier molecular flexibility index (Phi) is 9.35. The predicted molar refractivity (Wildman–Crippen MR) is 84.4 cm³/mol. The molecule has 0 aliphatic carbocycles. The largest absolute Gasteiger partial charge is 0.340 e. The second-order valence-electron chi connectivity index (χ2n) is 4.83. The Morgan fingerprint density at radius 2 is 1.80 bits per heavy atom. The van der Waals surface area contributed by atoms with Crippen LogP contribution in [0.15, 0.2) is 36.0 Å². The minimum atomic E-state index is 0.0496. The number of likely N-dealkylation sites (N-methyl/N-ethyl adjacent to an activating group) is 1. The summed E-state index contributed by atoms with van der Waals surface area (Å²) in [6.45, 7) is 11.4. The molecule has 2 atom stereocenters. The molecular formula is C17H27NO2. The highest BCUT2D eigenvalue weighted by atomic mass is 16.2. The number of nitrogens with zero attached hydrogens (tertiary/aromatic N) is 1. The first-order chi connectivity index (χ1) is 9.51. The quantitative estimate of drug-likeness (QED) is 0.387. The molecule has 0 radical (unpaired) electrons. The van der Waals surface area contributed by atoms with E-state index in [0.717, 1.165) is 11.9 Å². The summed E-state index contributed by atoms with van der Waals surface area (Å²) >= 11 is 0. The van der Waals surface area contributed by atoms with Crippen molar-refractivity contribution in [1.29, 1.82) is 0 Å². The number of hydrogen-bond donors (Lipinski definition) is 0. The first kappa shape index (κ1) is 18.4. The maximum Gasteiger partial charge on any atom is 0.246 e. The van der Waals surface area contributed by atoms with Crippen LogP contribution in [0.1, 0.15) is 34.6 Å². The lowest BCUT2D eigenvalue weighted by atomic mass is 9.86. The van der Waals surface area contributed by atoms with E-state index < -0.39 is 0 Å². The molecule has 0 rings (SSSR count). The van der Waals surface area contributed by atoms with Crippen LogP contribution in [0, 0.1) is 11.8 Å². The van der Waals surface area contributed by atoms with Crippen molar-refractivity contribution >= 4 is 12.2 Å². The molecule has 0 heterocycles. The molecule has 0 aromatic heterocycles. The number of amides is 1. The fourth-order valence-electron chi connectivity index (χ4n) is 2.21. The molecule has 0 aliphatic rings. The summed E-state index contributed by atoms with van der Waals surface area (Å²) in [5.74, 6) is 0.362. The van der Waals surface area contributed by atoms with Crippen LogP contribution in [0.25, 0.3) is 0 Å². The summed E-state index contributed by atoms with van der Waals surface area (Å²) in [5.41, 5.74) is 1.02. The summed E-state index contributed by atoms with van der Waals surface area (Å²) in [6.07, 6.45) is 9.93. The van der Waals surface area contributed by atoms with Crippen LogP contribution in [0.4, 0.5) is 0 Å². The molecule has 0 spiro atoms. The maximum absolute atomic E-state index is 12.1. The molecule has 20 heavy (non-hydrogen) atoms. The molecule has 2 unspecified atom stereocenters. The van der Waals surface area contributed by atoms with Gasteiger partial charge in [0.2, 0.25) is 5.91 Å². The molecule has 1 amide bonds. The first-order valence-electron chi connectivity index (χ1n) is 7.23. The van der Waals surface area contributed by atoms with Gasteiger partial charge in [-0.25, -0.2) is 0 Å². The van der Waals surface area contributed by atoms with Gasteiger partial charge in [-0.2, -0.15) is 0 Å². The topological polar surface area (TPSA) is 37.4 Å². The smallest absolute Gasteiger partial charge is 0.246 e. The Morgan fingerprint density at radius 1 is 1.20 bits per heavy atom. The van der Waals surface area contributed by atoms with E-state index in [9.17, 15) is 9.59 Å². The summed E-state index contributed by atoms with van der Waals surface area (Å²) in [5, 5.41) is 0. The molecule has 0 fully saturated rings. The Balaban J connectivity index is 5.13. The summed E-state index contributed by atoms with van der Waals surface area (Å²) in [6, 6.07) is 0. The molecule has 0 saturated heterocycles. The van der Waals surface area contributed by atoms with Gasteiger partial charge in [-0.05, 0) is 39.7 Å². The second kappa shape index (κ2) is 10.2. The third-order valence-electron chi connectivity index (χ3n) is 3.41. The van der Waals surface area contributed by atoms with Crippen LogP contribution >= 0.6 is 0 Å². The number of carbonyl (C=O) groups excluding carboxylic acids is 2. The van der Waals surface area contributed by atoms with Gasteiger partial charge < -0.3 is 4.90 Å². The van der Waals surface area contributed by atoms with Crippen LogP contribution in [-0.4, -0.2) is 30.2 Å². The van der Waals surface area contributed by atoms with Crippen LogP contribution in [-0.2, 0) is 9.59 Å². The van der Waals surface area contributed by atoms with Gasteiger partial charge in [0.1, 0.15) is 6.29 Å². The van der Waals surface area contributed by atoms with E-state index >= 15 is 0 Å². The lowest BCUT2D eigenvalue weighted by molar-refractivity contribution is -0.125. The predicted octanol–water partition coefficient (Wildman–Crippen LogP) is 3.38. The monoisotopic (exact) mass is 277 g/mol. The molecule has 112 valence electrons. The Bertz CT molecular complexity index is 390. The van der Waals surface area contributed by atoms with Gasteiger partial charge in [0.15, 0.2) is 0 Å². The Labute approximate surface area is 123 Å². The summed E-state index contributed by atoms with van der Waals surface area (Å²) in [7, 11) is 0. The Hall–Kier alpha value is -1.64. The van der Waals surface area contributed by atoms with Gasteiger partial charge in [0.05, 0.1) is 0 Å². The van der Waals surface area contributed by atoms with Crippen molar-refractivity contribution in [3.05, 3.63) is 36.0 Å². The van der Waals surface area contributed by atoms with E-state index in [1.54, 1.807) is 11.0 Å². The highest BCUT2D eigenvalue weighted by molar-refractivity contribution is 5.88. The van der Waals surface area contributed by atoms with Crippen LogP contribution < -0.4 is 0 Å². The zero-order valence-electron chi connectivity index (χ0n) is 13.3. The van der Waals surface area contributed by atoms with Crippen molar-refractivity contribution in [2.75, 3.05) is 13.1 Å². The van der Waals surface area contributed by atoms with Crippen LogP contribution in [0.3, 0.4) is 0 Å². The van der Waals surface area contributed by atoms with E-state index in [4.69, 9.17) is 0 Å². The standard InChI is InChI=1S/C17H27NO2/c1-6-10-16(14(4)11-9-12-19)15(5)13-17(20)18(7-2)8-3/h6,9-14,16H,7-8H2,1-5H3/b10-6+,11-9+,15-13+. The van der Waals surface area contributed by atoms with Crippen LogP contribution in [0.2, 0.25) is 0 Å². The SMILES string of the molecule is C/C=C/C(/C(C)=C/C(=O)N(CC)CC)C(C)/C=C/C=O. The highest BCUT2D eigenvalue weighted by Gasteiger charge is 2.16. The second-order valence-corrected chi connectivity index (χ2v) is 4.83. The van der Waals surface area contributed by atoms with Crippen molar-refractivity contribution in [1.82, 2.24) is 4.90 Å². The third kappa shape index (κ3) is 6.00. The maximum atomic E-state index is 12.1. The van der Waals surface area contributed by atoms with Crippen molar-refractivity contribution < 1.29 is 9.59 Å². The number of allylic oxidation sites excluding steroid dienone is 5. The van der Waals surface area contributed by atoms with Crippen molar-refractivity contribution in [2.45, 2.75) is 34.6 Å². The van der Waals surface area contributed by atoms with Gasteiger partial charge in [-0.15, -0.1) is 0 Å². The zero-order chi connectivity index (χ0) is 15.5. The van der Waals surface area contributed by atoms with E-state index in [0.29, 0.717) is 13.1 Å². The van der Waals surface area contributed by atoms with E-state index in [1.165, 1.54) is 6.08 Å². The van der Waals surface area contributed by atoms with Crippen molar-refractivity contribution in [3.8, 4) is 0 Å². The van der Waals surface area contributed by atoms with Crippen molar-refractivity contribution in [2.24, 2.45) is 11.8 Å². The minimum Gasteiger partial charge on any atom is -0.340 e. The average Bonchev–Trinajstić information content (AvgIpc) is 2.43. The van der Waals surface area contributed by atoms with Gasteiger partial charge in [-0.1, -0.05) is 30.7 Å². The lowest BCUT2D eigenvalue weighted by Crippen LogP contribution is -2.29. The molecule has 0 aliphatic heterocycles. The molecule has 0 aromatic carbocycles. The number of hydrogen-bond acceptors (Lipinski definition) is 2. The molecule has 3 heteroatoms. The fourth-order valence-corrected chi connectivity index (χ4v) is 2.21. The number of carbonyl (C=O) groups is 2. The molecular weight excluding hydrogens is 250 g/mol. The normalized spacial score (nSPS) is 15.6. The summed E-state index contributed by atoms with van der Waals surface area (Å²) < 4.78 is 0. The molecule has 0 saturated carbocycles. The average molecular weight is 277 g/mol. The van der Waals surface area contributed by atoms with Crippen LogP contribution in [0.5, 0.6) is 0 Å². The summed E-state index contributed by atoms with van der Waals surface area (Å²) in [4.78, 5) is 24.3. The number of rotatable bonds is 8. The zero-order valence-corrected chi connectivity index (χ0v) is 13.3. The number of aldehydes is 1. The molecule has 0 aromatic rings. The van der Waals surface area contributed by atoms with Gasteiger partial charge >= 0.3 is 0 Å². The fraction of sp³-hybridized carbons (Fsp3) is 0.529. The van der Waals surface area contributed by atoms with Crippen molar-refractivity contribution in [3.63, 3.8) is 0 Å². The van der Waals surface area contributed by atoms with E-state index in [-0.39, 0.29) is 17.7 Å². The Morgan fingerprint density at radius 3 is 2.25 bits per heavy atom. The van der Waals surface area contributed by atoms with E-state index in [1.807, 2.05) is 46.8 Å². The first-order valence-corrected chi connectivity index (χ1v) is 7.23. The van der Waals surface area contributed by atoms with Gasteiger partial charge in [0.25, 0.3) is 0 Å². The molecule has 0 bridgehead atoms. The van der Waals surface area contributed by atoms with Gasteiger partial charge in [0, 0.05) is 25.1 Å². The lowest BCUT2D eigenvalue weighted by Gasteiger charge is -2.21. The van der Waals surface area contributed by atoms with E-state index in [2.05, 4.69) is 6.08 Å².